The maximum absolute atomic E-state index is 12.1. The van der Waals surface area contributed by atoms with Crippen molar-refractivity contribution >= 4 is 46.6 Å². The first-order chi connectivity index (χ1) is 12.5. The van der Waals surface area contributed by atoms with Crippen LogP contribution < -0.4 is 11.1 Å². The van der Waals surface area contributed by atoms with Gasteiger partial charge in [-0.1, -0.05) is 12.1 Å². The number of hydrogen-bond donors (Lipinski definition) is 2. The first kappa shape index (κ1) is 18.5. The highest BCUT2D eigenvalue weighted by Crippen LogP contribution is 2.31. The van der Waals surface area contributed by atoms with Gasteiger partial charge in [0.25, 0.3) is 5.91 Å². The Morgan fingerprint density at radius 2 is 2.04 bits per heavy atom. The Morgan fingerprint density at radius 1 is 1.23 bits per heavy atom. The van der Waals surface area contributed by atoms with E-state index in [1.807, 2.05) is 6.07 Å². The Morgan fingerprint density at radius 3 is 2.81 bits per heavy atom. The predicted octanol–water partition coefficient (Wildman–Crippen LogP) is 2.61. The number of amides is 2. The Balaban J connectivity index is 1.54. The maximum Gasteiger partial charge on any atom is 0.348 e. The molecule has 6 nitrogen and oxygen atoms in total. The second-order valence-electron chi connectivity index (χ2n) is 5.79. The highest BCUT2D eigenvalue weighted by molar-refractivity contribution is 8.00. The van der Waals surface area contributed by atoms with Gasteiger partial charge in [-0.3, -0.25) is 9.59 Å². The molecule has 136 valence electrons. The number of esters is 1. The molecule has 0 radical (unpaired) electrons. The van der Waals surface area contributed by atoms with Crippen LogP contribution in [0.5, 0.6) is 0 Å². The van der Waals surface area contributed by atoms with Crippen molar-refractivity contribution in [2.24, 2.45) is 5.73 Å². The number of primary amides is 1. The average Bonchev–Trinajstić information content (AvgIpc) is 3.20. The van der Waals surface area contributed by atoms with E-state index in [9.17, 15) is 14.4 Å². The van der Waals surface area contributed by atoms with Crippen LogP contribution in [0.3, 0.4) is 0 Å². The molecule has 26 heavy (non-hydrogen) atoms. The number of ether oxygens (including phenoxy) is 1. The Bertz CT molecular complexity index is 826. The maximum atomic E-state index is 12.1. The van der Waals surface area contributed by atoms with Gasteiger partial charge in [-0.05, 0) is 43.0 Å². The first-order valence-corrected chi connectivity index (χ1v) is 9.92. The third kappa shape index (κ3) is 4.64. The van der Waals surface area contributed by atoms with E-state index >= 15 is 0 Å². The minimum absolute atomic E-state index is 0.116. The molecular weight excluding hydrogens is 372 g/mol. The van der Waals surface area contributed by atoms with Gasteiger partial charge in [0, 0.05) is 9.77 Å². The van der Waals surface area contributed by atoms with E-state index in [-0.39, 0.29) is 12.4 Å². The minimum atomic E-state index is -0.476. The lowest BCUT2D eigenvalue weighted by Gasteiger charge is -2.10. The van der Waals surface area contributed by atoms with Gasteiger partial charge < -0.3 is 15.8 Å². The van der Waals surface area contributed by atoms with Crippen LogP contribution in [0.2, 0.25) is 0 Å². The lowest BCUT2D eigenvalue weighted by molar-refractivity contribution is -0.119. The highest BCUT2D eigenvalue weighted by atomic mass is 32.2. The van der Waals surface area contributed by atoms with Crippen molar-refractivity contribution in [3.8, 4) is 0 Å². The van der Waals surface area contributed by atoms with Crippen molar-refractivity contribution < 1.29 is 19.1 Å². The SMILES string of the molecule is NC(=O)CSc1ccccc1NC(=O)COC(=O)c1cc2c(s1)CCC2. The van der Waals surface area contributed by atoms with Crippen LogP contribution in [-0.4, -0.2) is 30.1 Å². The Kier molecular flexibility index (Phi) is 5.95. The number of nitrogens with two attached hydrogens (primary N) is 1. The van der Waals surface area contributed by atoms with Gasteiger partial charge in [0.1, 0.15) is 4.88 Å². The molecule has 1 aromatic heterocycles. The average molecular weight is 390 g/mol. The van der Waals surface area contributed by atoms with E-state index in [0.29, 0.717) is 10.6 Å². The molecule has 0 aliphatic heterocycles. The number of carbonyl (C=O) groups is 3. The topological polar surface area (TPSA) is 98.5 Å². The highest BCUT2D eigenvalue weighted by Gasteiger charge is 2.20. The fourth-order valence-corrected chi connectivity index (χ4v) is 4.56. The van der Waals surface area contributed by atoms with E-state index in [2.05, 4.69) is 5.32 Å². The predicted molar refractivity (Wildman–Crippen MR) is 102 cm³/mol. The molecule has 2 amide bonds. The fourth-order valence-electron chi connectivity index (χ4n) is 2.66. The zero-order valence-electron chi connectivity index (χ0n) is 13.9. The van der Waals surface area contributed by atoms with E-state index in [1.54, 1.807) is 24.3 Å². The number of thiophene rings is 1. The molecule has 0 saturated carbocycles. The zero-order chi connectivity index (χ0) is 18.5. The summed E-state index contributed by atoms with van der Waals surface area (Å²) in [5.41, 5.74) is 6.92. The lowest BCUT2D eigenvalue weighted by atomic mass is 10.2. The van der Waals surface area contributed by atoms with Crippen molar-refractivity contribution in [3.05, 3.63) is 45.6 Å². The minimum Gasteiger partial charge on any atom is -0.451 e. The molecule has 0 bridgehead atoms. The van der Waals surface area contributed by atoms with Crippen LogP contribution in [0.4, 0.5) is 5.69 Å². The second-order valence-corrected chi connectivity index (χ2v) is 7.94. The van der Waals surface area contributed by atoms with Crippen molar-refractivity contribution in [2.45, 2.75) is 24.2 Å². The molecule has 3 rings (SSSR count). The number of anilines is 1. The summed E-state index contributed by atoms with van der Waals surface area (Å²) in [7, 11) is 0. The van der Waals surface area contributed by atoms with Gasteiger partial charge in [-0.2, -0.15) is 0 Å². The van der Waals surface area contributed by atoms with Gasteiger partial charge in [-0.15, -0.1) is 23.1 Å². The van der Waals surface area contributed by atoms with Crippen LogP contribution in [-0.2, 0) is 27.2 Å². The molecule has 3 N–H and O–H groups in total. The van der Waals surface area contributed by atoms with E-state index in [0.717, 1.165) is 24.2 Å². The molecule has 0 unspecified atom stereocenters. The molecule has 1 aliphatic rings. The molecular formula is C18H18N2O4S2. The monoisotopic (exact) mass is 390 g/mol. The number of hydrogen-bond acceptors (Lipinski definition) is 6. The van der Waals surface area contributed by atoms with Crippen LogP contribution in [0.25, 0.3) is 0 Å². The summed E-state index contributed by atoms with van der Waals surface area (Å²) < 4.78 is 5.12. The number of benzene rings is 1. The summed E-state index contributed by atoms with van der Waals surface area (Å²) in [4.78, 5) is 37.6. The number of aryl methyl sites for hydroxylation is 2. The van der Waals surface area contributed by atoms with Gasteiger partial charge in [0.15, 0.2) is 6.61 Å². The summed E-state index contributed by atoms with van der Waals surface area (Å²) in [6, 6.07) is 8.93. The molecule has 0 saturated heterocycles. The number of fused-ring (bicyclic) bond motifs is 1. The molecule has 2 aromatic rings. The van der Waals surface area contributed by atoms with Crippen LogP contribution in [0.15, 0.2) is 35.2 Å². The van der Waals surface area contributed by atoms with Gasteiger partial charge >= 0.3 is 5.97 Å². The first-order valence-electron chi connectivity index (χ1n) is 8.11. The molecule has 0 fully saturated rings. The third-order valence-corrected chi connectivity index (χ3v) is 6.13. The summed E-state index contributed by atoms with van der Waals surface area (Å²) in [5.74, 6) is -1.23. The number of para-hydroxylation sites is 1. The number of rotatable bonds is 7. The lowest BCUT2D eigenvalue weighted by Crippen LogP contribution is -2.21. The molecule has 0 spiro atoms. The Labute approximate surface area is 159 Å². The van der Waals surface area contributed by atoms with Gasteiger partial charge in [0.2, 0.25) is 5.91 Å². The van der Waals surface area contributed by atoms with Crippen molar-refractivity contribution in [1.82, 2.24) is 0 Å². The summed E-state index contributed by atoms with van der Waals surface area (Å²) >= 11 is 2.68. The van der Waals surface area contributed by atoms with E-state index in [1.165, 1.54) is 33.5 Å². The third-order valence-electron chi connectivity index (χ3n) is 3.81. The van der Waals surface area contributed by atoms with Crippen molar-refractivity contribution in [1.29, 1.82) is 0 Å². The smallest absolute Gasteiger partial charge is 0.348 e. The molecule has 8 heteroatoms. The quantitative estimate of drug-likeness (QED) is 0.559. The van der Waals surface area contributed by atoms with E-state index in [4.69, 9.17) is 10.5 Å². The summed E-state index contributed by atoms with van der Waals surface area (Å²) in [6.07, 6.45) is 3.14. The van der Waals surface area contributed by atoms with Crippen LogP contribution in [0.1, 0.15) is 26.5 Å². The fraction of sp³-hybridized carbons (Fsp3) is 0.278. The van der Waals surface area contributed by atoms with E-state index < -0.39 is 17.8 Å². The van der Waals surface area contributed by atoms with Crippen LogP contribution in [0, 0.1) is 0 Å². The zero-order valence-corrected chi connectivity index (χ0v) is 15.6. The largest absolute Gasteiger partial charge is 0.451 e. The standard InChI is InChI=1S/C18H18N2O4S2/c19-16(21)10-25-14-6-2-1-5-12(14)20-17(22)9-24-18(23)15-8-11-4-3-7-13(11)26-15/h1-2,5-6,8H,3-4,7,9-10H2,(H2,19,21)(H,20,22). The summed E-state index contributed by atoms with van der Waals surface area (Å²) in [5, 5.41) is 2.69. The van der Waals surface area contributed by atoms with Crippen molar-refractivity contribution in [3.63, 3.8) is 0 Å². The number of thioether (sulfide) groups is 1. The number of nitrogens with one attached hydrogen (secondary N) is 1. The normalized spacial score (nSPS) is 12.5. The number of carbonyl (C=O) groups excluding carboxylic acids is 3. The van der Waals surface area contributed by atoms with Gasteiger partial charge in [0.05, 0.1) is 11.4 Å². The molecule has 0 atom stereocenters. The molecule has 1 heterocycles. The second kappa shape index (κ2) is 8.37. The molecule has 1 aliphatic carbocycles. The molecule has 1 aromatic carbocycles. The Hall–Kier alpha value is -2.32. The summed E-state index contributed by atoms with van der Waals surface area (Å²) in [6.45, 7) is -0.365. The van der Waals surface area contributed by atoms with Crippen LogP contribution >= 0.6 is 23.1 Å². The van der Waals surface area contributed by atoms with Gasteiger partial charge in [-0.25, -0.2) is 4.79 Å². The van der Waals surface area contributed by atoms with Crippen molar-refractivity contribution in [2.75, 3.05) is 17.7 Å².